The average molecular weight is 527 g/mol. The van der Waals surface area contributed by atoms with Crippen LogP contribution in [-0.4, -0.2) is 29.5 Å². The second kappa shape index (κ2) is 10.5. The molecule has 2 atom stereocenters. The summed E-state index contributed by atoms with van der Waals surface area (Å²) in [4.78, 5) is 14.0. The lowest BCUT2D eigenvalue weighted by Gasteiger charge is -2.40. The summed E-state index contributed by atoms with van der Waals surface area (Å²) in [6.45, 7) is 22.2. The maximum absolute atomic E-state index is 11.0. The minimum Gasteiger partial charge on any atom is -0.420 e. The van der Waals surface area contributed by atoms with Crippen molar-refractivity contribution in [3.63, 3.8) is 0 Å². The Balaban J connectivity index is 2.00. The minimum absolute atomic E-state index is 0.0111. The van der Waals surface area contributed by atoms with Crippen LogP contribution < -0.4 is 0 Å². The summed E-state index contributed by atoms with van der Waals surface area (Å²) in [5.41, 5.74) is 2.81. The van der Waals surface area contributed by atoms with E-state index in [1.807, 2.05) is 19.9 Å². The zero-order valence-corrected chi connectivity index (χ0v) is 23.4. The highest BCUT2D eigenvalue weighted by Crippen LogP contribution is 2.40. The summed E-state index contributed by atoms with van der Waals surface area (Å²) in [6, 6.07) is 9.63. The molecule has 0 unspecified atom stereocenters. The molecule has 0 aliphatic carbocycles. The van der Waals surface area contributed by atoms with Gasteiger partial charge in [-0.15, -0.1) is 10.2 Å². The van der Waals surface area contributed by atoms with Gasteiger partial charge in [0.15, 0.2) is 8.32 Å². The highest BCUT2D eigenvalue weighted by molar-refractivity contribution is 6.74. The molecule has 1 heterocycles. The predicted octanol–water partition coefficient (Wildman–Crippen LogP) is 7.89. The number of rotatable bonds is 8. The van der Waals surface area contributed by atoms with Crippen LogP contribution in [-0.2, 0) is 10.8 Å². The smallest absolute Gasteiger partial charge is 0.269 e. The Kier molecular flexibility index (Phi) is 8.03. The van der Waals surface area contributed by atoms with E-state index in [1.165, 1.54) is 12.1 Å². The topological polar surface area (TPSA) is 95.7 Å². The van der Waals surface area contributed by atoms with Crippen LogP contribution in [0.15, 0.2) is 40.8 Å². The Morgan fingerprint density at radius 3 is 2.39 bits per heavy atom. The van der Waals surface area contributed by atoms with Crippen LogP contribution in [0.2, 0.25) is 23.2 Å². The summed E-state index contributed by atoms with van der Waals surface area (Å²) in [5.74, 6) is 0.425. The maximum atomic E-state index is 11.0. The van der Waals surface area contributed by atoms with Crippen LogP contribution in [0.4, 0.5) is 11.4 Å². The van der Waals surface area contributed by atoms with E-state index in [9.17, 15) is 10.1 Å². The highest BCUT2D eigenvalue weighted by Gasteiger charge is 2.41. The van der Waals surface area contributed by atoms with Gasteiger partial charge in [0.25, 0.3) is 5.69 Å². The normalized spacial score (nSPS) is 13.8. The summed E-state index contributed by atoms with van der Waals surface area (Å²) in [5, 5.41) is 20.0. The molecule has 0 saturated heterocycles. The van der Waals surface area contributed by atoms with Crippen LogP contribution in [0.3, 0.4) is 0 Å². The van der Waals surface area contributed by atoms with Crippen LogP contribution in [0.1, 0.15) is 50.6 Å². The molecule has 3 rings (SSSR count). The number of nitrogens with zero attached hydrogens (tertiary/aromatic N) is 4. The summed E-state index contributed by atoms with van der Waals surface area (Å²) >= 11 is 6.46. The second-order valence-corrected chi connectivity index (χ2v) is 15.6. The predicted molar refractivity (Wildman–Crippen MR) is 143 cm³/mol. The van der Waals surface area contributed by atoms with Crippen LogP contribution in [0.25, 0.3) is 16.3 Å². The van der Waals surface area contributed by atoms with Crippen molar-refractivity contribution in [1.82, 2.24) is 10.2 Å². The molecule has 3 aromatic rings. The molecule has 0 radical (unpaired) electrons. The van der Waals surface area contributed by atoms with Gasteiger partial charge in [0, 0.05) is 17.7 Å². The number of nitro groups is 1. The molecular formula is C26H31ClN4O4Si. The quantitative estimate of drug-likeness (QED) is 0.128. The highest BCUT2D eigenvalue weighted by atomic mass is 35.5. The van der Waals surface area contributed by atoms with Gasteiger partial charge in [-0.3, -0.25) is 10.1 Å². The minimum atomic E-state index is -2.11. The fraction of sp³-hybridized carbons (Fsp3) is 0.423. The van der Waals surface area contributed by atoms with Crippen molar-refractivity contribution in [3.05, 3.63) is 80.0 Å². The lowest BCUT2D eigenvalue weighted by Crippen LogP contribution is -2.44. The van der Waals surface area contributed by atoms with E-state index in [-0.39, 0.29) is 28.6 Å². The Labute approximate surface area is 217 Å². The monoisotopic (exact) mass is 526 g/mol. The largest absolute Gasteiger partial charge is 0.420 e. The molecule has 0 fully saturated rings. The van der Waals surface area contributed by atoms with E-state index < -0.39 is 13.2 Å². The van der Waals surface area contributed by atoms with Crippen molar-refractivity contribution in [2.45, 2.75) is 71.2 Å². The van der Waals surface area contributed by atoms with E-state index in [0.29, 0.717) is 28.6 Å². The van der Waals surface area contributed by atoms with Crippen molar-refractivity contribution in [2.75, 3.05) is 0 Å². The van der Waals surface area contributed by atoms with Crippen LogP contribution in [0, 0.1) is 23.6 Å². The molecule has 190 valence electrons. The molecule has 36 heavy (non-hydrogen) atoms. The molecule has 8 nitrogen and oxygen atoms in total. The molecule has 0 spiro atoms. The van der Waals surface area contributed by atoms with Crippen LogP contribution >= 0.6 is 11.6 Å². The fourth-order valence-corrected chi connectivity index (χ4v) is 5.33. The van der Waals surface area contributed by atoms with Gasteiger partial charge in [0.2, 0.25) is 17.5 Å². The maximum Gasteiger partial charge on any atom is 0.269 e. The number of benzene rings is 2. The third-order valence-electron chi connectivity index (χ3n) is 6.97. The Bertz CT molecular complexity index is 1290. The lowest BCUT2D eigenvalue weighted by molar-refractivity contribution is -0.384. The first kappa shape index (κ1) is 27.5. The van der Waals surface area contributed by atoms with Gasteiger partial charge in [-0.05, 0) is 61.7 Å². The van der Waals surface area contributed by atoms with E-state index in [2.05, 4.69) is 48.9 Å². The summed E-state index contributed by atoms with van der Waals surface area (Å²) < 4.78 is 12.8. The molecule has 10 heteroatoms. The standard InChI is InChI=1S/C26H31ClN4O4Si/c1-16-19(11-14-22(28-6)23(16)27)15-21(17(2)35-36(7,8)26(3,4)5)25-30-29-24(34-25)18-9-12-20(13-10-18)31(32)33/h9-14,17,21H,15H2,1-5,7-8H3/t17-,21+/m0/s1. The van der Waals surface area contributed by atoms with E-state index in [4.69, 9.17) is 27.0 Å². The van der Waals surface area contributed by atoms with E-state index in [1.54, 1.807) is 18.2 Å². The molecular weight excluding hydrogens is 496 g/mol. The second-order valence-electron chi connectivity index (χ2n) is 10.4. The number of nitro benzene ring substituents is 1. The fourth-order valence-electron chi connectivity index (χ4n) is 3.66. The van der Waals surface area contributed by atoms with Gasteiger partial charge in [-0.1, -0.05) is 44.5 Å². The first-order valence-corrected chi connectivity index (χ1v) is 14.9. The molecule has 0 aliphatic heterocycles. The lowest BCUT2D eigenvalue weighted by atomic mass is 9.92. The average Bonchev–Trinajstić information content (AvgIpc) is 3.29. The molecule has 1 aromatic heterocycles. The van der Waals surface area contributed by atoms with Crippen molar-refractivity contribution >= 4 is 31.3 Å². The number of non-ortho nitro benzene ring substituents is 1. The summed E-state index contributed by atoms with van der Waals surface area (Å²) in [6.07, 6.45) is 0.288. The van der Waals surface area contributed by atoms with Gasteiger partial charge < -0.3 is 8.84 Å². The Morgan fingerprint density at radius 2 is 1.83 bits per heavy atom. The first-order chi connectivity index (χ1) is 16.7. The van der Waals surface area contributed by atoms with Gasteiger partial charge in [-0.25, -0.2) is 4.85 Å². The SMILES string of the molecule is [C-]#[N+]c1ccc(C[C@@H](c2nnc(-c3ccc([N+](=O)[O-])cc3)o2)[C@H](C)O[Si](C)(C)C(C)(C)C)c(C)c1Cl. The van der Waals surface area contributed by atoms with E-state index >= 15 is 0 Å². The zero-order chi connectivity index (χ0) is 26.8. The van der Waals surface area contributed by atoms with Gasteiger partial charge in [-0.2, -0.15) is 0 Å². The summed E-state index contributed by atoms with van der Waals surface area (Å²) in [7, 11) is -2.11. The number of halogens is 1. The molecule has 0 aliphatic rings. The molecule has 0 N–H and O–H groups in total. The third-order valence-corrected chi connectivity index (χ3v) is 12.0. The van der Waals surface area contributed by atoms with E-state index in [0.717, 1.165) is 11.1 Å². The molecule has 0 bridgehead atoms. The molecule has 2 aromatic carbocycles. The van der Waals surface area contributed by atoms with Crippen molar-refractivity contribution in [1.29, 1.82) is 0 Å². The number of hydrogen-bond acceptors (Lipinski definition) is 6. The van der Waals surface area contributed by atoms with Gasteiger partial charge >= 0.3 is 0 Å². The van der Waals surface area contributed by atoms with Crippen LogP contribution in [0.5, 0.6) is 0 Å². The Morgan fingerprint density at radius 1 is 1.19 bits per heavy atom. The zero-order valence-electron chi connectivity index (χ0n) is 21.6. The van der Waals surface area contributed by atoms with Gasteiger partial charge in [0.05, 0.1) is 28.5 Å². The molecule has 0 amide bonds. The number of aromatic nitrogens is 2. The number of hydrogen-bond donors (Lipinski definition) is 0. The Hall–Kier alpha value is -3.06. The van der Waals surface area contributed by atoms with Crippen molar-refractivity contribution in [2.24, 2.45) is 0 Å². The van der Waals surface area contributed by atoms with Gasteiger partial charge in [0.1, 0.15) is 0 Å². The van der Waals surface area contributed by atoms with Crippen molar-refractivity contribution < 1.29 is 13.8 Å². The van der Waals surface area contributed by atoms with Crippen molar-refractivity contribution in [3.8, 4) is 11.5 Å². The first-order valence-electron chi connectivity index (χ1n) is 11.7. The third kappa shape index (κ3) is 5.83. The molecule has 0 saturated carbocycles.